The minimum absolute atomic E-state index is 0.0681. The second-order valence-electron chi connectivity index (χ2n) is 4.19. The standard InChI is InChI=1S/C14H16N2O3/c1-9(17)6-14-15-8-12(16-14)11-7-10(18-2)4-5-13(11)19-3/h4-5,7-8H,6H2,1-3H3,(H,15,16). The molecule has 0 unspecified atom stereocenters. The van der Waals surface area contributed by atoms with Crippen LogP contribution in [0.3, 0.4) is 0 Å². The second-order valence-corrected chi connectivity index (χ2v) is 4.19. The van der Waals surface area contributed by atoms with Gasteiger partial charge < -0.3 is 14.5 Å². The first kappa shape index (κ1) is 13.1. The second kappa shape index (κ2) is 5.56. The van der Waals surface area contributed by atoms with Gasteiger partial charge in [-0.15, -0.1) is 0 Å². The molecule has 0 aliphatic rings. The van der Waals surface area contributed by atoms with Crippen molar-refractivity contribution in [2.75, 3.05) is 14.2 Å². The highest BCUT2D eigenvalue weighted by Crippen LogP contribution is 2.32. The molecule has 5 heteroatoms. The van der Waals surface area contributed by atoms with Gasteiger partial charge in [-0.2, -0.15) is 0 Å². The fourth-order valence-corrected chi connectivity index (χ4v) is 1.85. The monoisotopic (exact) mass is 260 g/mol. The molecular weight excluding hydrogens is 244 g/mol. The number of carbonyl (C=O) groups excluding carboxylic acids is 1. The Bertz CT molecular complexity index is 590. The summed E-state index contributed by atoms with van der Waals surface area (Å²) in [5.74, 6) is 2.17. The van der Waals surface area contributed by atoms with E-state index in [1.165, 1.54) is 6.92 Å². The molecule has 1 heterocycles. The van der Waals surface area contributed by atoms with Crippen LogP contribution in [0.5, 0.6) is 11.5 Å². The number of methoxy groups -OCH3 is 2. The van der Waals surface area contributed by atoms with Crippen molar-refractivity contribution in [2.24, 2.45) is 0 Å². The van der Waals surface area contributed by atoms with Crippen LogP contribution < -0.4 is 9.47 Å². The lowest BCUT2D eigenvalue weighted by Gasteiger charge is -2.08. The molecule has 5 nitrogen and oxygen atoms in total. The Morgan fingerprint density at radius 3 is 2.74 bits per heavy atom. The Kier molecular flexibility index (Phi) is 3.85. The van der Waals surface area contributed by atoms with Crippen molar-refractivity contribution in [3.05, 3.63) is 30.2 Å². The zero-order valence-electron chi connectivity index (χ0n) is 11.2. The Morgan fingerprint density at radius 1 is 1.32 bits per heavy atom. The first-order chi connectivity index (χ1) is 9.13. The molecule has 0 atom stereocenters. The highest BCUT2D eigenvalue weighted by Gasteiger charge is 2.11. The van der Waals surface area contributed by atoms with Gasteiger partial charge in [0.25, 0.3) is 0 Å². The summed E-state index contributed by atoms with van der Waals surface area (Å²) in [6.07, 6.45) is 1.99. The normalized spacial score (nSPS) is 10.3. The van der Waals surface area contributed by atoms with E-state index >= 15 is 0 Å². The first-order valence-electron chi connectivity index (χ1n) is 5.89. The Labute approximate surface area is 111 Å². The van der Waals surface area contributed by atoms with Crippen LogP contribution in [0.1, 0.15) is 12.7 Å². The number of benzene rings is 1. The predicted octanol–water partition coefficient (Wildman–Crippen LogP) is 2.23. The van der Waals surface area contributed by atoms with Gasteiger partial charge in [-0.3, -0.25) is 4.79 Å². The quantitative estimate of drug-likeness (QED) is 0.895. The molecule has 1 aromatic carbocycles. The molecule has 0 aliphatic carbocycles. The number of aromatic amines is 1. The van der Waals surface area contributed by atoms with Gasteiger partial charge in [0.1, 0.15) is 23.1 Å². The minimum Gasteiger partial charge on any atom is -0.497 e. The number of ether oxygens (including phenoxy) is 2. The van der Waals surface area contributed by atoms with E-state index in [4.69, 9.17) is 9.47 Å². The van der Waals surface area contributed by atoms with Crippen LogP contribution in [0.15, 0.2) is 24.4 Å². The van der Waals surface area contributed by atoms with E-state index < -0.39 is 0 Å². The van der Waals surface area contributed by atoms with Crippen LogP contribution in [-0.2, 0) is 11.2 Å². The van der Waals surface area contributed by atoms with E-state index in [1.54, 1.807) is 20.4 Å². The Hall–Kier alpha value is -2.30. The maximum absolute atomic E-state index is 11.1. The van der Waals surface area contributed by atoms with E-state index in [1.807, 2.05) is 18.2 Å². The third kappa shape index (κ3) is 2.93. The molecule has 1 N–H and O–H groups in total. The Morgan fingerprint density at radius 2 is 2.11 bits per heavy atom. The fourth-order valence-electron chi connectivity index (χ4n) is 1.85. The van der Waals surface area contributed by atoms with Crippen molar-refractivity contribution < 1.29 is 14.3 Å². The summed E-state index contributed by atoms with van der Waals surface area (Å²) >= 11 is 0. The van der Waals surface area contributed by atoms with Crippen LogP contribution in [0, 0.1) is 0 Å². The average Bonchev–Trinajstić information content (AvgIpc) is 2.85. The number of carbonyl (C=O) groups is 1. The maximum Gasteiger partial charge on any atom is 0.137 e. The van der Waals surface area contributed by atoms with Gasteiger partial charge in [0.2, 0.25) is 0 Å². The summed E-state index contributed by atoms with van der Waals surface area (Å²) in [6, 6.07) is 5.53. The van der Waals surface area contributed by atoms with Crippen molar-refractivity contribution in [1.29, 1.82) is 0 Å². The van der Waals surface area contributed by atoms with E-state index in [2.05, 4.69) is 9.97 Å². The summed E-state index contributed by atoms with van der Waals surface area (Å²) in [5, 5.41) is 0. The number of aromatic nitrogens is 2. The number of rotatable bonds is 5. The van der Waals surface area contributed by atoms with Gasteiger partial charge in [-0.05, 0) is 25.1 Å². The molecule has 0 bridgehead atoms. The smallest absolute Gasteiger partial charge is 0.137 e. The van der Waals surface area contributed by atoms with Crippen LogP contribution in [-0.4, -0.2) is 30.0 Å². The zero-order valence-corrected chi connectivity index (χ0v) is 11.2. The third-order valence-electron chi connectivity index (χ3n) is 2.74. The molecule has 0 saturated heterocycles. The number of H-pyrrole nitrogens is 1. The van der Waals surface area contributed by atoms with Crippen molar-refractivity contribution in [1.82, 2.24) is 9.97 Å². The van der Waals surface area contributed by atoms with Crippen molar-refractivity contribution in [2.45, 2.75) is 13.3 Å². The molecule has 2 rings (SSSR count). The first-order valence-corrected chi connectivity index (χ1v) is 5.89. The molecule has 0 aliphatic heterocycles. The lowest BCUT2D eigenvalue weighted by atomic mass is 10.1. The number of hydrogen-bond acceptors (Lipinski definition) is 4. The molecule has 100 valence electrons. The van der Waals surface area contributed by atoms with Gasteiger partial charge >= 0.3 is 0 Å². The molecule has 0 fully saturated rings. The van der Waals surface area contributed by atoms with Crippen molar-refractivity contribution >= 4 is 5.78 Å². The van der Waals surface area contributed by atoms with E-state index in [-0.39, 0.29) is 5.78 Å². The number of nitrogens with one attached hydrogen (secondary N) is 1. The maximum atomic E-state index is 11.1. The number of hydrogen-bond donors (Lipinski definition) is 1. The minimum atomic E-state index is 0.0681. The molecule has 1 aromatic heterocycles. The fraction of sp³-hybridized carbons (Fsp3) is 0.286. The summed E-state index contributed by atoms with van der Waals surface area (Å²) in [7, 11) is 3.22. The van der Waals surface area contributed by atoms with Crippen LogP contribution in [0.25, 0.3) is 11.3 Å². The van der Waals surface area contributed by atoms with Crippen molar-refractivity contribution in [3.63, 3.8) is 0 Å². The third-order valence-corrected chi connectivity index (χ3v) is 2.74. The summed E-state index contributed by atoms with van der Waals surface area (Å²) in [5.41, 5.74) is 1.65. The van der Waals surface area contributed by atoms with Crippen molar-refractivity contribution in [3.8, 4) is 22.8 Å². The molecule has 0 radical (unpaired) electrons. The predicted molar refractivity (Wildman–Crippen MR) is 71.5 cm³/mol. The lowest BCUT2D eigenvalue weighted by Crippen LogP contribution is -1.98. The van der Waals surface area contributed by atoms with Gasteiger partial charge in [0.05, 0.1) is 32.5 Å². The Balaban J connectivity index is 2.39. The summed E-state index contributed by atoms with van der Waals surface area (Å²) in [4.78, 5) is 18.4. The van der Waals surface area contributed by atoms with E-state index in [9.17, 15) is 4.79 Å². The molecule has 0 saturated carbocycles. The molecule has 2 aromatic rings. The highest BCUT2D eigenvalue weighted by atomic mass is 16.5. The van der Waals surface area contributed by atoms with Gasteiger partial charge in [0.15, 0.2) is 0 Å². The van der Waals surface area contributed by atoms with Gasteiger partial charge in [-0.25, -0.2) is 4.98 Å². The average molecular weight is 260 g/mol. The summed E-state index contributed by atoms with van der Waals surface area (Å²) in [6.45, 7) is 1.54. The van der Waals surface area contributed by atoms with E-state index in [0.717, 1.165) is 22.8 Å². The van der Waals surface area contributed by atoms with Crippen LogP contribution in [0.4, 0.5) is 0 Å². The molecule has 19 heavy (non-hydrogen) atoms. The number of nitrogens with zero attached hydrogens (tertiary/aromatic N) is 1. The highest BCUT2D eigenvalue weighted by molar-refractivity contribution is 5.77. The number of ketones is 1. The zero-order chi connectivity index (χ0) is 13.8. The number of imidazole rings is 1. The largest absolute Gasteiger partial charge is 0.497 e. The SMILES string of the molecule is COc1ccc(OC)c(-c2cnc(CC(C)=O)[nH]2)c1. The van der Waals surface area contributed by atoms with E-state index in [0.29, 0.717) is 12.2 Å². The van der Waals surface area contributed by atoms with Gasteiger partial charge in [0, 0.05) is 5.56 Å². The lowest BCUT2D eigenvalue weighted by molar-refractivity contribution is -0.116. The van der Waals surface area contributed by atoms with Gasteiger partial charge in [-0.1, -0.05) is 0 Å². The van der Waals surface area contributed by atoms with Crippen LogP contribution >= 0.6 is 0 Å². The summed E-state index contributed by atoms with van der Waals surface area (Å²) < 4.78 is 10.5. The molecule has 0 spiro atoms. The topological polar surface area (TPSA) is 64.2 Å². The molecule has 0 amide bonds. The number of Topliss-reactive ketones (excluding diaryl/α,β-unsaturated/α-hetero) is 1. The molecular formula is C14H16N2O3. The van der Waals surface area contributed by atoms with Crippen LogP contribution in [0.2, 0.25) is 0 Å².